The summed E-state index contributed by atoms with van der Waals surface area (Å²) >= 11 is 1.49. The Morgan fingerprint density at radius 3 is 2.16 bits per heavy atom. The van der Waals surface area contributed by atoms with E-state index in [1.54, 1.807) is 0 Å². The van der Waals surface area contributed by atoms with E-state index in [0.29, 0.717) is 25.1 Å². The smallest absolute Gasteiger partial charge is 0.327 e. The molecule has 4 atom stereocenters. The first kappa shape index (κ1) is 34.3. The fourth-order valence-electron chi connectivity index (χ4n) is 4.97. The summed E-state index contributed by atoms with van der Waals surface area (Å²) in [5.74, 6) is 0.816. The molecule has 1 aliphatic rings. The molecule has 0 aliphatic carbocycles. The lowest BCUT2D eigenvalue weighted by atomic mass is 9.91. The summed E-state index contributed by atoms with van der Waals surface area (Å²) in [6, 6.07) is -1.49. The number of hydrogen-bond donors (Lipinski definition) is 3. The topological polar surface area (TPSA) is 107 Å². The van der Waals surface area contributed by atoms with Crippen molar-refractivity contribution >= 4 is 29.7 Å². The first-order chi connectivity index (χ1) is 18.0. The molecule has 0 bridgehead atoms. The first-order valence-corrected chi connectivity index (χ1v) is 15.9. The highest BCUT2D eigenvalue weighted by Gasteiger charge is 2.30. The third kappa shape index (κ3) is 15.6. The van der Waals surface area contributed by atoms with Crippen LogP contribution in [-0.4, -0.2) is 63.7 Å². The van der Waals surface area contributed by atoms with Crippen LogP contribution in [0, 0.1) is 23.7 Å². The third-order valence-electron chi connectivity index (χ3n) is 7.63. The molecule has 0 radical (unpaired) electrons. The first-order valence-electron chi connectivity index (χ1n) is 14.7. The van der Waals surface area contributed by atoms with Crippen LogP contribution >= 0.6 is 11.8 Å². The number of piperidine rings is 1. The number of carboxylic acid groups (broad SMARTS) is 2. The van der Waals surface area contributed by atoms with Crippen LogP contribution < -0.4 is 5.32 Å². The normalized spacial score (nSPS) is 18.7. The van der Waals surface area contributed by atoms with E-state index in [-0.39, 0.29) is 12.3 Å². The molecule has 220 valence electrons. The fraction of sp³-hybridized carbons (Fsp3) is 0.833. The largest absolute Gasteiger partial charge is 0.481 e. The lowest BCUT2D eigenvalue weighted by Crippen LogP contribution is -2.52. The molecule has 1 aliphatic heterocycles. The molecule has 2 amide bonds. The molecule has 8 heteroatoms. The zero-order valence-electron chi connectivity index (χ0n) is 24.5. The molecule has 1 fully saturated rings. The van der Waals surface area contributed by atoms with Crippen molar-refractivity contribution in [2.75, 3.05) is 24.6 Å². The van der Waals surface area contributed by atoms with Crippen LogP contribution in [0.5, 0.6) is 0 Å². The van der Waals surface area contributed by atoms with E-state index in [1.165, 1.54) is 73.6 Å². The molecule has 0 spiro atoms. The minimum atomic E-state index is -1.07. The minimum absolute atomic E-state index is 0.124. The summed E-state index contributed by atoms with van der Waals surface area (Å²) in [4.78, 5) is 36.8. The maximum Gasteiger partial charge on any atom is 0.327 e. The fourth-order valence-corrected chi connectivity index (χ4v) is 5.97. The molecule has 7 nitrogen and oxygen atoms in total. The number of carbonyl (C=O) groups excluding carboxylic acids is 1. The van der Waals surface area contributed by atoms with Gasteiger partial charge < -0.3 is 20.4 Å². The van der Waals surface area contributed by atoms with E-state index in [9.17, 15) is 24.6 Å². The van der Waals surface area contributed by atoms with Crippen molar-refractivity contribution in [3.05, 3.63) is 11.6 Å². The Morgan fingerprint density at radius 2 is 1.58 bits per heavy atom. The summed E-state index contributed by atoms with van der Waals surface area (Å²) in [6.45, 7) is 12.1. The average molecular weight is 555 g/mol. The maximum absolute atomic E-state index is 12.5. The van der Waals surface area contributed by atoms with Gasteiger partial charge in [0.1, 0.15) is 6.04 Å². The highest BCUT2D eigenvalue weighted by atomic mass is 32.2. The van der Waals surface area contributed by atoms with E-state index in [4.69, 9.17) is 0 Å². The van der Waals surface area contributed by atoms with Gasteiger partial charge in [-0.05, 0) is 50.4 Å². The summed E-state index contributed by atoms with van der Waals surface area (Å²) in [5, 5.41) is 21.3. The Bertz CT molecular complexity index is 742. The zero-order chi connectivity index (χ0) is 28.5. The maximum atomic E-state index is 12.5. The monoisotopic (exact) mass is 554 g/mol. The average Bonchev–Trinajstić information content (AvgIpc) is 2.85. The molecular weight excluding hydrogens is 500 g/mol. The van der Waals surface area contributed by atoms with E-state index >= 15 is 0 Å². The van der Waals surface area contributed by atoms with Crippen molar-refractivity contribution in [3.63, 3.8) is 0 Å². The van der Waals surface area contributed by atoms with Crippen LogP contribution in [0.3, 0.4) is 0 Å². The van der Waals surface area contributed by atoms with Gasteiger partial charge in [-0.25, -0.2) is 9.59 Å². The van der Waals surface area contributed by atoms with Crippen molar-refractivity contribution in [1.29, 1.82) is 0 Å². The zero-order valence-corrected chi connectivity index (χ0v) is 25.4. The predicted molar refractivity (Wildman–Crippen MR) is 158 cm³/mol. The lowest BCUT2D eigenvalue weighted by molar-refractivity contribution is -0.143. The summed E-state index contributed by atoms with van der Waals surface area (Å²) in [7, 11) is 0. The second-order valence-electron chi connectivity index (χ2n) is 11.9. The van der Waals surface area contributed by atoms with Crippen LogP contribution in [-0.2, 0) is 9.59 Å². The van der Waals surface area contributed by atoms with Gasteiger partial charge in [0, 0.05) is 24.6 Å². The molecule has 0 aromatic carbocycles. The van der Waals surface area contributed by atoms with Gasteiger partial charge in [-0.15, -0.1) is 0 Å². The van der Waals surface area contributed by atoms with Gasteiger partial charge >= 0.3 is 18.0 Å². The van der Waals surface area contributed by atoms with Gasteiger partial charge in [-0.3, -0.25) is 4.79 Å². The number of nitrogens with zero attached hydrogens (tertiary/aromatic N) is 1. The molecule has 0 aromatic rings. The number of thioether (sulfide) groups is 1. The minimum Gasteiger partial charge on any atom is -0.481 e. The summed E-state index contributed by atoms with van der Waals surface area (Å²) in [5.41, 5.74) is 1.33. The standard InChI is InChI=1S/C30H54N2O5S/c1-22(2)10-6-11-23(3)12-7-13-24(4)14-8-15-25(5)17-19-38-21-27(29(35)36)31-30(37)32-18-9-16-26(20-32)28(33)34/h17,22-24,26-27H,6-16,18-21H2,1-5H3,(H,31,37)(H,33,34)(H,35,36)/b25-17+. The molecular formula is C30H54N2O5S. The molecule has 1 heterocycles. The van der Waals surface area contributed by atoms with Crippen LogP contribution in [0.1, 0.15) is 105 Å². The highest BCUT2D eigenvalue weighted by Crippen LogP contribution is 2.22. The van der Waals surface area contributed by atoms with Gasteiger partial charge in [-0.2, -0.15) is 11.8 Å². The van der Waals surface area contributed by atoms with Gasteiger partial charge in [0.15, 0.2) is 0 Å². The van der Waals surface area contributed by atoms with Crippen molar-refractivity contribution in [2.45, 2.75) is 111 Å². The number of carboxylic acids is 2. The van der Waals surface area contributed by atoms with Crippen molar-refractivity contribution in [2.24, 2.45) is 23.7 Å². The van der Waals surface area contributed by atoms with Gasteiger partial charge in [-0.1, -0.05) is 84.3 Å². The van der Waals surface area contributed by atoms with Crippen LogP contribution in [0.2, 0.25) is 0 Å². The molecule has 38 heavy (non-hydrogen) atoms. The van der Waals surface area contributed by atoms with Gasteiger partial charge in [0.2, 0.25) is 0 Å². The van der Waals surface area contributed by atoms with E-state index in [1.807, 2.05) is 0 Å². The van der Waals surface area contributed by atoms with Crippen LogP contribution in [0.25, 0.3) is 0 Å². The van der Waals surface area contributed by atoms with Crippen molar-refractivity contribution < 1.29 is 24.6 Å². The molecule has 4 unspecified atom stereocenters. The van der Waals surface area contributed by atoms with E-state index < -0.39 is 29.9 Å². The van der Waals surface area contributed by atoms with Crippen molar-refractivity contribution in [1.82, 2.24) is 10.2 Å². The number of amides is 2. The van der Waals surface area contributed by atoms with E-state index in [0.717, 1.165) is 24.2 Å². The molecule has 3 N–H and O–H groups in total. The third-order valence-corrected chi connectivity index (χ3v) is 8.60. The lowest BCUT2D eigenvalue weighted by Gasteiger charge is -2.31. The number of hydrogen-bond acceptors (Lipinski definition) is 4. The number of aliphatic carboxylic acids is 2. The molecule has 1 saturated heterocycles. The number of nitrogens with one attached hydrogen (secondary N) is 1. The number of urea groups is 1. The molecule has 0 saturated carbocycles. The molecule has 0 aromatic heterocycles. The Kier molecular flexibility index (Phi) is 17.5. The molecule has 1 rings (SSSR count). The Labute approximate surface area is 235 Å². The van der Waals surface area contributed by atoms with Crippen LogP contribution in [0.15, 0.2) is 11.6 Å². The SMILES string of the molecule is C/C(=C\CSCC(NC(=O)N1CCCC(C(=O)O)C1)C(=O)O)CCCC(C)CCCC(C)CCCC(C)C. The Hall–Kier alpha value is -1.70. The van der Waals surface area contributed by atoms with Gasteiger partial charge in [0.05, 0.1) is 5.92 Å². The Balaban J connectivity index is 2.23. The number of rotatable bonds is 19. The number of allylic oxidation sites excluding steroid dienone is 1. The predicted octanol–water partition coefficient (Wildman–Crippen LogP) is 7.06. The second kappa shape index (κ2) is 19.4. The van der Waals surface area contributed by atoms with Gasteiger partial charge in [0.25, 0.3) is 0 Å². The summed E-state index contributed by atoms with van der Waals surface area (Å²) in [6.07, 6.45) is 14.8. The second-order valence-corrected chi connectivity index (χ2v) is 13.0. The van der Waals surface area contributed by atoms with Crippen molar-refractivity contribution in [3.8, 4) is 0 Å². The van der Waals surface area contributed by atoms with E-state index in [2.05, 4.69) is 46.0 Å². The number of carbonyl (C=O) groups is 3. The highest BCUT2D eigenvalue weighted by molar-refractivity contribution is 7.99. The number of likely N-dealkylation sites (tertiary alicyclic amines) is 1. The summed E-state index contributed by atoms with van der Waals surface area (Å²) < 4.78 is 0. The quantitative estimate of drug-likeness (QED) is 0.116. The van der Waals surface area contributed by atoms with Crippen LogP contribution in [0.4, 0.5) is 4.79 Å². The Morgan fingerprint density at radius 1 is 0.974 bits per heavy atom.